The molecule has 3 aromatic rings. The molecule has 7 heteroatoms. The van der Waals surface area contributed by atoms with Gasteiger partial charge in [0.05, 0.1) is 25.3 Å². The predicted octanol–water partition coefficient (Wildman–Crippen LogP) is 2.49. The van der Waals surface area contributed by atoms with Gasteiger partial charge in [-0.2, -0.15) is 8.75 Å². The molecular formula is C15H13N3O3S. The minimum Gasteiger partial charge on any atom is -0.508 e. The van der Waals surface area contributed by atoms with Gasteiger partial charge in [-0.25, -0.2) is 0 Å². The number of phenolic OH excluding ortho intramolecular Hbond substituents is 1. The lowest BCUT2D eigenvalue weighted by Gasteiger charge is -2.18. The Hall–Kier alpha value is -2.54. The fourth-order valence-corrected chi connectivity index (χ4v) is 2.99. The summed E-state index contributed by atoms with van der Waals surface area (Å²) in [5.41, 5.74) is 2.75. The second-order valence-corrected chi connectivity index (χ2v) is 5.27. The summed E-state index contributed by atoms with van der Waals surface area (Å²) in [4.78, 5) is 15.8. The van der Waals surface area contributed by atoms with Crippen LogP contribution in [-0.4, -0.2) is 31.9 Å². The zero-order valence-electron chi connectivity index (χ0n) is 11.8. The monoisotopic (exact) mass is 315 g/mol. The van der Waals surface area contributed by atoms with Crippen molar-refractivity contribution in [3.8, 4) is 5.75 Å². The molecule has 0 spiro atoms. The van der Waals surface area contributed by atoms with Crippen LogP contribution in [0, 0.1) is 0 Å². The Morgan fingerprint density at radius 1 is 1.27 bits per heavy atom. The summed E-state index contributed by atoms with van der Waals surface area (Å²) < 4.78 is 13.2. The van der Waals surface area contributed by atoms with Crippen molar-refractivity contribution in [1.82, 2.24) is 13.7 Å². The highest BCUT2D eigenvalue weighted by molar-refractivity contribution is 7.00. The number of methoxy groups -OCH3 is 1. The standard InChI is InChI=1S/C15H13N3O3S/c1-21-13(20)8-10(9-4-6-16-7-5-9)14-12(19)3-2-11-15(14)18-22-17-11/h2-7,10,19H,8H2,1H3/t10-/m0/s1. The topological polar surface area (TPSA) is 85.2 Å². The number of hydrogen-bond donors (Lipinski definition) is 1. The number of benzene rings is 1. The minimum atomic E-state index is -0.372. The summed E-state index contributed by atoms with van der Waals surface area (Å²) >= 11 is 1.07. The molecule has 3 rings (SSSR count). The van der Waals surface area contributed by atoms with Crippen LogP contribution in [0.2, 0.25) is 0 Å². The third-order valence-electron chi connectivity index (χ3n) is 3.50. The molecule has 0 fully saturated rings. The zero-order valence-corrected chi connectivity index (χ0v) is 12.6. The number of esters is 1. The molecule has 0 radical (unpaired) electrons. The summed E-state index contributed by atoms with van der Waals surface area (Å²) in [6.07, 6.45) is 3.40. The van der Waals surface area contributed by atoms with Gasteiger partial charge < -0.3 is 9.84 Å². The van der Waals surface area contributed by atoms with E-state index in [1.807, 2.05) is 12.1 Å². The fraction of sp³-hybridized carbons (Fsp3) is 0.200. The van der Waals surface area contributed by atoms with Gasteiger partial charge in [-0.1, -0.05) is 0 Å². The third kappa shape index (κ3) is 2.62. The van der Waals surface area contributed by atoms with E-state index < -0.39 is 0 Å². The van der Waals surface area contributed by atoms with Crippen molar-refractivity contribution in [1.29, 1.82) is 0 Å². The lowest BCUT2D eigenvalue weighted by Crippen LogP contribution is -2.11. The molecule has 1 aromatic carbocycles. The van der Waals surface area contributed by atoms with Crippen molar-refractivity contribution in [2.24, 2.45) is 0 Å². The number of nitrogens with zero attached hydrogens (tertiary/aromatic N) is 3. The molecule has 0 aliphatic carbocycles. The van der Waals surface area contributed by atoms with Gasteiger partial charge in [-0.3, -0.25) is 9.78 Å². The Labute approximate surface area is 130 Å². The van der Waals surface area contributed by atoms with Crippen LogP contribution >= 0.6 is 11.7 Å². The van der Waals surface area contributed by atoms with Crippen LogP contribution < -0.4 is 0 Å². The van der Waals surface area contributed by atoms with Crippen LogP contribution in [0.1, 0.15) is 23.5 Å². The first-order valence-electron chi connectivity index (χ1n) is 6.61. The van der Waals surface area contributed by atoms with Gasteiger partial charge in [0.1, 0.15) is 16.8 Å². The highest BCUT2D eigenvalue weighted by Gasteiger charge is 2.25. The molecule has 0 aliphatic heterocycles. The van der Waals surface area contributed by atoms with E-state index in [4.69, 9.17) is 4.74 Å². The number of hydrogen-bond acceptors (Lipinski definition) is 7. The largest absolute Gasteiger partial charge is 0.508 e. The average molecular weight is 315 g/mol. The van der Waals surface area contributed by atoms with Gasteiger partial charge in [-0.15, -0.1) is 0 Å². The molecule has 1 N–H and O–H groups in total. The van der Waals surface area contributed by atoms with Crippen LogP contribution in [0.15, 0.2) is 36.7 Å². The summed E-state index contributed by atoms with van der Waals surface area (Å²) in [5, 5.41) is 10.3. The first kappa shape index (κ1) is 14.4. The maximum Gasteiger partial charge on any atom is 0.306 e. The van der Waals surface area contributed by atoms with Crippen molar-refractivity contribution < 1.29 is 14.6 Å². The molecular weight excluding hydrogens is 302 g/mol. The lowest BCUT2D eigenvalue weighted by atomic mass is 9.87. The van der Waals surface area contributed by atoms with Gasteiger partial charge in [0.25, 0.3) is 0 Å². The number of carbonyl (C=O) groups excluding carboxylic acids is 1. The van der Waals surface area contributed by atoms with Gasteiger partial charge in [-0.05, 0) is 29.8 Å². The first-order chi connectivity index (χ1) is 10.7. The molecule has 22 heavy (non-hydrogen) atoms. The number of carbonyl (C=O) groups is 1. The second kappa shape index (κ2) is 6.07. The normalized spacial score (nSPS) is 12.2. The van der Waals surface area contributed by atoms with Crippen LogP contribution in [-0.2, 0) is 9.53 Å². The predicted molar refractivity (Wildman–Crippen MR) is 81.8 cm³/mol. The highest BCUT2D eigenvalue weighted by atomic mass is 32.1. The average Bonchev–Trinajstić information content (AvgIpc) is 3.02. The van der Waals surface area contributed by atoms with E-state index in [1.54, 1.807) is 24.5 Å². The SMILES string of the molecule is COC(=O)C[C@@H](c1ccncc1)c1c(O)ccc2nsnc12. The van der Waals surface area contributed by atoms with Crippen molar-refractivity contribution in [3.63, 3.8) is 0 Å². The molecule has 2 aromatic heterocycles. The van der Waals surface area contributed by atoms with Crippen LogP contribution in [0.25, 0.3) is 11.0 Å². The Morgan fingerprint density at radius 3 is 2.77 bits per heavy atom. The van der Waals surface area contributed by atoms with Crippen LogP contribution in [0.3, 0.4) is 0 Å². The molecule has 6 nitrogen and oxygen atoms in total. The number of pyridine rings is 1. The Balaban J connectivity index is 2.17. The summed E-state index contributed by atoms with van der Waals surface area (Å²) in [7, 11) is 1.34. The number of rotatable bonds is 4. The molecule has 0 saturated heterocycles. The summed E-state index contributed by atoms with van der Waals surface area (Å²) in [6, 6.07) is 6.90. The number of aromatic nitrogens is 3. The molecule has 0 saturated carbocycles. The van der Waals surface area contributed by atoms with Gasteiger partial charge >= 0.3 is 5.97 Å². The molecule has 0 amide bonds. The van der Waals surface area contributed by atoms with Crippen LogP contribution in [0.4, 0.5) is 0 Å². The molecule has 0 unspecified atom stereocenters. The number of phenols is 1. The maximum atomic E-state index is 11.8. The second-order valence-electron chi connectivity index (χ2n) is 4.74. The van der Waals surface area contributed by atoms with Gasteiger partial charge in [0.15, 0.2) is 0 Å². The third-order valence-corrected chi connectivity index (χ3v) is 4.04. The fourth-order valence-electron chi connectivity index (χ4n) is 2.44. The van der Waals surface area contributed by atoms with E-state index in [-0.39, 0.29) is 24.1 Å². The van der Waals surface area contributed by atoms with E-state index in [9.17, 15) is 9.90 Å². The smallest absolute Gasteiger partial charge is 0.306 e. The Kier molecular flexibility index (Phi) is 3.97. The van der Waals surface area contributed by atoms with E-state index >= 15 is 0 Å². The summed E-state index contributed by atoms with van der Waals surface area (Å²) in [5.74, 6) is -0.643. The highest BCUT2D eigenvalue weighted by Crippen LogP contribution is 2.38. The molecule has 2 heterocycles. The maximum absolute atomic E-state index is 11.8. The van der Waals surface area contributed by atoms with Crippen LogP contribution in [0.5, 0.6) is 5.75 Å². The molecule has 1 atom stereocenters. The van der Waals surface area contributed by atoms with Crippen molar-refractivity contribution in [3.05, 3.63) is 47.8 Å². The Morgan fingerprint density at radius 2 is 2.05 bits per heavy atom. The molecule has 0 aliphatic rings. The quantitative estimate of drug-likeness (QED) is 0.745. The number of fused-ring (bicyclic) bond motifs is 1. The lowest BCUT2D eigenvalue weighted by molar-refractivity contribution is -0.140. The Bertz CT molecular complexity index is 804. The van der Waals surface area contributed by atoms with E-state index in [0.29, 0.717) is 16.6 Å². The minimum absolute atomic E-state index is 0.0888. The molecule has 0 bridgehead atoms. The zero-order chi connectivity index (χ0) is 15.5. The van der Waals surface area contributed by atoms with E-state index in [2.05, 4.69) is 13.7 Å². The van der Waals surface area contributed by atoms with Gasteiger partial charge in [0, 0.05) is 23.9 Å². The van der Waals surface area contributed by atoms with Gasteiger partial charge in [0.2, 0.25) is 0 Å². The van der Waals surface area contributed by atoms with E-state index in [1.165, 1.54) is 7.11 Å². The van der Waals surface area contributed by atoms with Crippen molar-refractivity contribution in [2.75, 3.05) is 7.11 Å². The number of ether oxygens (including phenoxy) is 1. The summed E-state index contributed by atoms with van der Waals surface area (Å²) in [6.45, 7) is 0. The van der Waals surface area contributed by atoms with Crippen molar-refractivity contribution in [2.45, 2.75) is 12.3 Å². The molecule has 112 valence electrons. The van der Waals surface area contributed by atoms with E-state index in [0.717, 1.165) is 17.3 Å². The van der Waals surface area contributed by atoms with Crippen molar-refractivity contribution >= 4 is 28.7 Å². The number of aromatic hydroxyl groups is 1. The first-order valence-corrected chi connectivity index (χ1v) is 7.34.